The number of ether oxygens (including phenoxy) is 3. The number of hydrogen-bond donors (Lipinski definition) is 4. The van der Waals surface area contributed by atoms with Gasteiger partial charge in [-0.15, -0.1) is 0 Å². The number of rotatable bonds is 85. The van der Waals surface area contributed by atoms with Crippen molar-refractivity contribution < 1.29 is 75.8 Å². The summed E-state index contributed by atoms with van der Waals surface area (Å²) in [4.78, 5) is 58.8. The summed E-state index contributed by atoms with van der Waals surface area (Å²) < 4.78 is 61.3. The number of carbonyl (C=O) groups is 3. The third kappa shape index (κ3) is 88.1. The van der Waals surface area contributed by atoms with Crippen molar-refractivity contribution in [2.24, 2.45) is 0 Å². The van der Waals surface area contributed by atoms with Crippen LogP contribution in [-0.4, -0.2) is 95.9 Å². The lowest BCUT2D eigenvalue weighted by Gasteiger charge is -2.21. The first kappa shape index (κ1) is 108. The Labute approximate surface area is 689 Å². The Morgan fingerprint density at radius 2 is 0.487 bits per heavy atom. The monoisotopic (exact) mass is 1620 g/mol. The van der Waals surface area contributed by atoms with Gasteiger partial charge in [0.25, 0.3) is 0 Å². The average Bonchev–Trinajstić information content (AvgIpc) is 0.903. The maximum Gasteiger partial charge on any atom is 0.472 e. The maximum atomic E-state index is 13.0. The predicted molar refractivity (Wildman–Crippen MR) is 473 cm³/mol. The number of esters is 3. The minimum absolute atomic E-state index is 0.0877. The van der Waals surface area contributed by atoms with Gasteiger partial charge in [0, 0.05) is 19.3 Å². The van der Waals surface area contributed by atoms with Crippen molar-refractivity contribution in [2.45, 2.75) is 399 Å². The van der Waals surface area contributed by atoms with Gasteiger partial charge in [-0.3, -0.25) is 32.5 Å². The SMILES string of the molecule is CC/C=C\C/C=C\C/C=C\C/C=C\C/C=C\C/C=C\CCCCCCCCCCCCCCCCC(=O)OCC(O)COP(=O)(O)OCC(O)COP(=O)(O)OCC(COC(=O)CCCCCCCCCCCCCCCCC/C=C\C/C=C\C/C=C\C/C=C\CCCCC)OC(=O)CCCCCCC/C=C\C/C=C\CCC. The molecule has 4 N–H and O–H groups in total. The normalized spacial score (nSPS) is 14.5. The average molecular weight is 1620 g/mol. The molecule has 0 aliphatic carbocycles. The molecule has 113 heavy (non-hydrogen) atoms. The lowest BCUT2D eigenvalue weighted by atomic mass is 10.0. The zero-order valence-electron chi connectivity index (χ0n) is 71.5. The van der Waals surface area contributed by atoms with E-state index in [1.54, 1.807) is 0 Å². The van der Waals surface area contributed by atoms with Gasteiger partial charge in [0.1, 0.15) is 25.4 Å². The third-order valence-electron chi connectivity index (χ3n) is 19.0. The number of unbranched alkanes of at least 4 members (excludes halogenated alkanes) is 38. The van der Waals surface area contributed by atoms with Gasteiger partial charge in [0.05, 0.1) is 26.4 Å². The Kier molecular flexibility index (Phi) is 83.3. The number of aliphatic hydroxyl groups is 2. The van der Waals surface area contributed by atoms with Crippen LogP contribution >= 0.6 is 15.6 Å². The lowest BCUT2D eigenvalue weighted by molar-refractivity contribution is -0.161. The molecule has 5 unspecified atom stereocenters. The van der Waals surface area contributed by atoms with E-state index in [2.05, 4.69) is 167 Å². The van der Waals surface area contributed by atoms with Crippen molar-refractivity contribution in [1.29, 1.82) is 0 Å². The second kappa shape index (κ2) is 86.8. The summed E-state index contributed by atoms with van der Waals surface area (Å²) in [5.41, 5.74) is 0. The number of carbonyl (C=O) groups excluding carboxylic acids is 3. The fourth-order valence-electron chi connectivity index (χ4n) is 12.2. The number of aliphatic hydroxyl groups excluding tert-OH is 2. The summed E-state index contributed by atoms with van der Waals surface area (Å²) in [7, 11) is -9.80. The van der Waals surface area contributed by atoms with Crippen LogP contribution in [0.2, 0.25) is 0 Å². The molecule has 0 rings (SSSR count). The third-order valence-corrected chi connectivity index (χ3v) is 20.9. The first-order chi connectivity index (χ1) is 55.2. The summed E-state index contributed by atoms with van der Waals surface area (Å²) in [6.45, 7) is 2.49. The van der Waals surface area contributed by atoms with Crippen molar-refractivity contribution >= 4 is 33.6 Å². The number of phosphoric ester groups is 2. The van der Waals surface area contributed by atoms with E-state index in [0.29, 0.717) is 19.3 Å². The van der Waals surface area contributed by atoms with Crippen molar-refractivity contribution in [2.75, 3.05) is 39.6 Å². The number of phosphoric acid groups is 2. The number of allylic oxidation sites excluding steroid dienone is 24. The quantitative estimate of drug-likeness (QED) is 0.0146. The first-order valence-corrected chi connectivity index (χ1v) is 48.1. The molecule has 0 saturated heterocycles. The Hall–Kier alpha value is -4.57. The summed E-state index contributed by atoms with van der Waals surface area (Å²) in [6, 6.07) is 0. The largest absolute Gasteiger partial charge is 0.472 e. The smallest absolute Gasteiger partial charge is 0.463 e. The zero-order valence-corrected chi connectivity index (χ0v) is 73.3. The highest BCUT2D eigenvalue weighted by Crippen LogP contribution is 2.45. The van der Waals surface area contributed by atoms with Gasteiger partial charge >= 0.3 is 33.6 Å². The van der Waals surface area contributed by atoms with Gasteiger partial charge in [-0.05, 0) is 141 Å². The Morgan fingerprint density at radius 3 is 0.779 bits per heavy atom. The molecule has 650 valence electrons. The summed E-state index contributed by atoms with van der Waals surface area (Å²) in [5, 5.41) is 20.7. The molecule has 0 aliphatic rings. The molecule has 0 aromatic heterocycles. The minimum Gasteiger partial charge on any atom is -0.463 e. The molecule has 0 bridgehead atoms. The molecule has 16 nitrogen and oxygen atoms in total. The molecule has 0 fully saturated rings. The molecule has 0 radical (unpaired) electrons. The van der Waals surface area contributed by atoms with Crippen LogP contribution in [0.25, 0.3) is 0 Å². The Bertz CT molecular complexity index is 2630. The lowest BCUT2D eigenvalue weighted by Crippen LogP contribution is -2.30. The second-order valence-corrected chi connectivity index (χ2v) is 32.9. The molecule has 5 atom stereocenters. The van der Waals surface area contributed by atoms with Crippen LogP contribution < -0.4 is 0 Å². The van der Waals surface area contributed by atoms with E-state index in [0.717, 1.165) is 154 Å². The van der Waals surface area contributed by atoms with Crippen LogP contribution in [0.3, 0.4) is 0 Å². The van der Waals surface area contributed by atoms with E-state index < -0.39 is 91.5 Å². The highest BCUT2D eigenvalue weighted by molar-refractivity contribution is 7.47. The van der Waals surface area contributed by atoms with Crippen molar-refractivity contribution in [1.82, 2.24) is 0 Å². The molecule has 0 aliphatic heterocycles. The topological polar surface area (TPSA) is 231 Å². The highest BCUT2D eigenvalue weighted by Gasteiger charge is 2.29. The van der Waals surface area contributed by atoms with E-state index in [4.69, 9.17) is 32.3 Å². The second-order valence-electron chi connectivity index (χ2n) is 30.0. The predicted octanol–water partition coefficient (Wildman–Crippen LogP) is 27.6. The summed E-state index contributed by atoms with van der Waals surface area (Å²) in [6.07, 6.45) is 109. The van der Waals surface area contributed by atoms with Gasteiger partial charge in [0.2, 0.25) is 0 Å². The molecule has 0 saturated carbocycles. The molecular weight excluding hydrogens is 1460 g/mol. The fraction of sp³-hybridized carbons (Fsp3) is 0.716. The van der Waals surface area contributed by atoms with Crippen LogP contribution in [-0.2, 0) is 55.8 Å². The minimum atomic E-state index is -4.94. The molecule has 0 heterocycles. The molecular formula is C95H164O16P2. The van der Waals surface area contributed by atoms with Gasteiger partial charge in [0.15, 0.2) is 6.10 Å². The van der Waals surface area contributed by atoms with E-state index in [-0.39, 0.29) is 19.3 Å². The van der Waals surface area contributed by atoms with Gasteiger partial charge < -0.3 is 34.2 Å². The first-order valence-electron chi connectivity index (χ1n) is 45.1. The summed E-state index contributed by atoms with van der Waals surface area (Å²) in [5.74, 6) is -1.58. The molecule has 0 amide bonds. The molecule has 0 aromatic carbocycles. The van der Waals surface area contributed by atoms with Crippen LogP contribution in [0.15, 0.2) is 146 Å². The van der Waals surface area contributed by atoms with Crippen LogP contribution in [0.5, 0.6) is 0 Å². The van der Waals surface area contributed by atoms with Crippen molar-refractivity contribution in [3.05, 3.63) is 146 Å². The van der Waals surface area contributed by atoms with Crippen LogP contribution in [0.4, 0.5) is 0 Å². The van der Waals surface area contributed by atoms with Crippen molar-refractivity contribution in [3.8, 4) is 0 Å². The Balaban J connectivity index is 4.41. The van der Waals surface area contributed by atoms with E-state index >= 15 is 0 Å². The fourth-order valence-corrected chi connectivity index (χ4v) is 13.8. The van der Waals surface area contributed by atoms with E-state index in [1.165, 1.54) is 167 Å². The van der Waals surface area contributed by atoms with Crippen molar-refractivity contribution in [3.63, 3.8) is 0 Å². The standard InChI is InChI=1S/C95H164O16P2/c1-4-7-10-13-16-19-22-25-27-29-31-33-35-37-39-41-43-44-46-48-49-51-53-55-57-59-61-64-66-69-72-75-78-81-93(98)105-84-90(96)85-107-112(101,102)108-86-91(97)87-109-113(103,104)110-89-92(111-95(100)83-80-77-74-71-68-63-24-21-18-15-12-9-6-3)88-106-94(99)82-79-76-73-70-67-65-62-60-58-56-54-52-50-47-45-42-40-38-36-34-32-30-28-26-23-20-17-14-11-8-5-2/h7,10,12,15-17,19-21,24-28,31-34,37-40,43-44,90-92,96-97H,4-6,8-9,11,13-14,18,22-23,29-30,35-36,41-42,45-89H2,1-3H3,(H,101,102)(H,103,104)/b10-7-,15-12-,19-16-,20-17-,24-21-,27-25-,28-26-,33-31-,34-32-,39-37-,40-38-,44-43-. The molecule has 18 heteroatoms. The zero-order chi connectivity index (χ0) is 82.2. The van der Waals surface area contributed by atoms with E-state index in [1.807, 2.05) is 0 Å². The van der Waals surface area contributed by atoms with Crippen LogP contribution in [0.1, 0.15) is 380 Å². The molecule has 0 spiro atoms. The van der Waals surface area contributed by atoms with Gasteiger partial charge in [-0.2, -0.15) is 0 Å². The summed E-state index contributed by atoms with van der Waals surface area (Å²) >= 11 is 0. The Morgan fingerprint density at radius 1 is 0.257 bits per heavy atom. The van der Waals surface area contributed by atoms with E-state index in [9.17, 15) is 43.5 Å². The number of hydrogen-bond acceptors (Lipinski definition) is 14. The molecule has 0 aromatic rings. The van der Waals surface area contributed by atoms with Crippen LogP contribution in [0, 0.1) is 0 Å². The van der Waals surface area contributed by atoms with Gasteiger partial charge in [-0.25, -0.2) is 9.13 Å². The van der Waals surface area contributed by atoms with Gasteiger partial charge in [-0.1, -0.05) is 366 Å². The maximum absolute atomic E-state index is 13.0. The highest BCUT2D eigenvalue weighted by atomic mass is 31.2.